The van der Waals surface area contributed by atoms with Crippen LogP contribution in [-0.2, 0) is 17.9 Å². The van der Waals surface area contributed by atoms with Crippen LogP contribution in [0.5, 0.6) is 0 Å². The van der Waals surface area contributed by atoms with Crippen molar-refractivity contribution in [2.24, 2.45) is 11.8 Å². The molecule has 1 aliphatic rings. The molecule has 154 valence electrons. The number of carbonyl (C=O) groups excluding carboxylic acids is 1. The summed E-state index contributed by atoms with van der Waals surface area (Å²) in [6, 6.07) is 15.9. The van der Waals surface area contributed by atoms with Crippen molar-refractivity contribution < 1.29 is 4.79 Å². The zero-order chi connectivity index (χ0) is 21.1. The van der Waals surface area contributed by atoms with E-state index in [9.17, 15) is 4.79 Å². The molecule has 1 fully saturated rings. The van der Waals surface area contributed by atoms with Crippen LogP contribution in [0.2, 0.25) is 0 Å². The smallest absolute Gasteiger partial charge is 0.226 e. The molecule has 6 nitrogen and oxygen atoms in total. The highest BCUT2D eigenvalue weighted by atomic mass is 16.2. The second kappa shape index (κ2) is 8.61. The van der Waals surface area contributed by atoms with Gasteiger partial charge < -0.3 is 9.80 Å². The van der Waals surface area contributed by atoms with Crippen LogP contribution >= 0.6 is 0 Å². The summed E-state index contributed by atoms with van der Waals surface area (Å²) in [4.78, 5) is 30.8. The normalized spacial score (nSPS) is 17.4. The Kier molecular flexibility index (Phi) is 5.74. The van der Waals surface area contributed by atoms with E-state index in [4.69, 9.17) is 4.98 Å². The second-order valence-corrected chi connectivity index (χ2v) is 8.14. The van der Waals surface area contributed by atoms with E-state index >= 15 is 0 Å². The minimum absolute atomic E-state index is 0.113. The third-order valence-corrected chi connectivity index (χ3v) is 5.49. The van der Waals surface area contributed by atoms with Crippen LogP contribution in [-0.4, -0.2) is 39.9 Å². The Morgan fingerprint density at radius 3 is 2.40 bits per heavy atom. The molecule has 1 saturated carbocycles. The van der Waals surface area contributed by atoms with E-state index in [1.807, 2.05) is 66.5 Å². The number of carbonyl (C=O) groups is 1. The predicted molar refractivity (Wildman–Crippen MR) is 118 cm³/mol. The predicted octanol–water partition coefficient (Wildman–Crippen LogP) is 3.79. The van der Waals surface area contributed by atoms with Gasteiger partial charge in [0.05, 0.1) is 17.9 Å². The number of aromatic nitrogens is 3. The molecule has 6 heteroatoms. The number of hydrogen-bond donors (Lipinski definition) is 0. The Hall–Kier alpha value is -3.28. The molecule has 2 aromatic heterocycles. The maximum absolute atomic E-state index is 13.2. The molecule has 0 unspecified atom stereocenters. The lowest BCUT2D eigenvalue weighted by molar-refractivity contribution is -0.134. The van der Waals surface area contributed by atoms with Crippen molar-refractivity contribution in [3.63, 3.8) is 0 Å². The van der Waals surface area contributed by atoms with Crippen molar-refractivity contribution >= 4 is 11.9 Å². The quantitative estimate of drug-likeness (QED) is 0.603. The number of amides is 1. The molecular formula is C24H27N5O. The summed E-state index contributed by atoms with van der Waals surface area (Å²) in [5.74, 6) is 1.39. The van der Waals surface area contributed by atoms with Crippen molar-refractivity contribution in [2.75, 3.05) is 19.0 Å². The van der Waals surface area contributed by atoms with Crippen LogP contribution in [0.3, 0.4) is 0 Å². The van der Waals surface area contributed by atoms with Crippen LogP contribution in [0.1, 0.15) is 24.6 Å². The minimum Gasteiger partial charge on any atom is -0.347 e. The van der Waals surface area contributed by atoms with Gasteiger partial charge in [-0.2, -0.15) is 0 Å². The topological polar surface area (TPSA) is 62.2 Å². The number of rotatable bonds is 7. The Labute approximate surface area is 177 Å². The second-order valence-electron chi connectivity index (χ2n) is 8.14. The van der Waals surface area contributed by atoms with Crippen LogP contribution in [0.15, 0.2) is 60.9 Å². The molecule has 30 heavy (non-hydrogen) atoms. The van der Waals surface area contributed by atoms with Crippen LogP contribution < -0.4 is 4.90 Å². The summed E-state index contributed by atoms with van der Waals surface area (Å²) >= 11 is 0. The summed E-state index contributed by atoms with van der Waals surface area (Å²) in [5.41, 5.74) is 3.59. The molecule has 2 atom stereocenters. The Bertz CT molecular complexity index is 1010. The largest absolute Gasteiger partial charge is 0.347 e. The van der Waals surface area contributed by atoms with Gasteiger partial charge in [-0.15, -0.1) is 0 Å². The monoisotopic (exact) mass is 401 g/mol. The van der Waals surface area contributed by atoms with Gasteiger partial charge in [-0.1, -0.05) is 43.3 Å². The van der Waals surface area contributed by atoms with Gasteiger partial charge in [-0.3, -0.25) is 9.78 Å². The molecule has 0 radical (unpaired) electrons. The molecular weight excluding hydrogens is 374 g/mol. The lowest BCUT2D eigenvalue weighted by Crippen LogP contribution is -2.32. The molecule has 0 saturated heterocycles. The Balaban J connectivity index is 1.70. The SMILES string of the molecule is C[C@@H]1C[C@H]1C(=O)N(Cc1ccccc1)Cc1nc(N(C)C)ncc1-c1ccccn1. The number of nitrogens with zero attached hydrogens (tertiary/aromatic N) is 5. The third-order valence-electron chi connectivity index (χ3n) is 5.49. The molecule has 4 rings (SSSR count). The van der Waals surface area contributed by atoms with Crippen molar-refractivity contribution in [1.29, 1.82) is 0 Å². The first-order chi connectivity index (χ1) is 14.5. The van der Waals surface area contributed by atoms with Crippen molar-refractivity contribution in [3.05, 3.63) is 72.2 Å². The number of pyridine rings is 1. The Morgan fingerprint density at radius 1 is 1.03 bits per heavy atom. The molecule has 1 aromatic carbocycles. The van der Waals surface area contributed by atoms with Gasteiger partial charge in [-0.05, 0) is 30.0 Å². The highest BCUT2D eigenvalue weighted by Gasteiger charge is 2.41. The first-order valence-electron chi connectivity index (χ1n) is 10.3. The summed E-state index contributed by atoms with van der Waals surface area (Å²) in [6.45, 7) is 3.12. The fourth-order valence-corrected chi connectivity index (χ4v) is 3.58. The standard InChI is InChI=1S/C24H27N5O/c1-17-13-19(17)23(30)29(15-18-9-5-4-6-10-18)16-22-20(21-11-7-8-12-25-21)14-26-24(27-22)28(2)3/h4-12,14,17,19H,13,15-16H2,1-3H3/t17-,19-/m1/s1. The number of anilines is 1. The van der Waals surface area contributed by atoms with Gasteiger partial charge >= 0.3 is 0 Å². The summed E-state index contributed by atoms with van der Waals surface area (Å²) < 4.78 is 0. The zero-order valence-electron chi connectivity index (χ0n) is 17.7. The van der Waals surface area contributed by atoms with Gasteiger partial charge in [0.1, 0.15) is 0 Å². The molecule has 0 aliphatic heterocycles. The van der Waals surface area contributed by atoms with Crippen molar-refractivity contribution in [1.82, 2.24) is 19.9 Å². The van der Waals surface area contributed by atoms with Gasteiger partial charge in [0.2, 0.25) is 11.9 Å². The fraction of sp³-hybridized carbons (Fsp3) is 0.333. The van der Waals surface area contributed by atoms with Crippen molar-refractivity contribution in [2.45, 2.75) is 26.4 Å². The fourth-order valence-electron chi connectivity index (χ4n) is 3.58. The molecule has 1 amide bonds. The first kappa shape index (κ1) is 20.0. The van der Waals surface area contributed by atoms with E-state index in [0.29, 0.717) is 25.0 Å². The van der Waals surface area contributed by atoms with E-state index in [1.54, 1.807) is 6.20 Å². The number of hydrogen-bond acceptors (Lipinski definition) is 5. The average Bonchev–Trinajstić information content (AvgIpc) is 3.50. The lowest BCUT2D eigenvalue weighted by atomic mass is 10.1. The zero-order valence-corrected chi connectivity index (χ0v) is 17.7. The number of benzene rings is 1. The van der Waals surface area contributed by atoms with Crippen LogP contribution in [0.25, 0.3) is 11.3 Å². The van der Waals surface area contributed by atoms with Crippen molar-refractivity contribution in [3.8, 4) is 11.3 Å². The van der Waals surface area contributed by atoms with Gasteiger partial charge in [0.15, 0.2) is 0 Å². The Morgan fingerprint density at radius 2 is 1.77 bits per heavy atom. The third kappa shape index (κ3) is 4.48. The average molecular weight is 402 g/mol. The minimum atomic E-state index is 0.113. The van der Waals surface area contributed by atoms with Gasteiger partial charge in [0.25, 0.3) is 0 Å². The van der Waals surface area contributed by atoms with E-state index in [2.05, 4.69) is 29.0 Å². The lowest BCUT2D eigenvalue weighted by Gasteiger charge is -2.24. The summed E-state index contributed by atoms with van der Waals surface area (Å²) in [7, 11) is 3.83. The molecule has 0 spiro atoms. The van der Waals surface area contributed by atoms with Gasteiger partial charge in [0, 0.05) is 44.5 Å². The van der Waals surface area contributed by atoms with E-state index in [-0.39, 0.29) is 11.8 Å². The highest BCUT2D eigenvalue weighted by Crippen LogP contribution is 2.40. The van der Waals surface area contributed by atoms with E-state index in [0.717, 1.165) is 28.9 Å². The first-order valence-corrected chi connectivity index (χ1v) is 10.3. The van der Waals surface area contributed by atoms with E-state index in [1.165, 1.54) is 0 Å². The maximum atomic E-state index is 13.2. The molecule has 0 N–H and O–H groups in total. The van der Waals surface area contributed by atoms with Gasteiger partial charge in [-0.25, -0.2) is 9.97 Å². The van der Waals surface area contributed by atoms with Crippen LogP contribution in [0.4, 0.5) is 5.95 Å². The highest BCUT2D eigenvalue weighted by molar-refractivity contribution is 5.81. The molecule has 1 aliphatic carbocycles. The summed E-state index contributed by atoms with van der Waals surface area (Å²) in [5, 5.41) is 0. The molecule has 2 heterocycles. The van der Waals surface area contributed by atoms with Crippen LogP contribution in [0, 0.1) is 11.8 Å². The van der Waals surface area contributed by atoms with E-state index < -0.39 is 0 Å². The maximum Gasteiger partial charge on any atom is 0.226 e. The molecule has 3 aromatic rings. The molecule has 0 bridgehead atoms. The summed E-state index contributed by atoms with van der Waals surface area (Å²) in [6.07, 6.45) is 4.53.